The summed E-state index contributed by atoms with van der Waals surface area (Å²) < 4.78 is 0. The summed E-state index contributed by atoms with van der Waals surface area (Å²) in [4.78, 5) is 0. The Balaban J connectivity index is 4.06. The molecular weight excluding hydrogens is 119 g/mol. The van der Waals surface area contributed by atoms with Gasteiger partial charge < -0.3 is 0 Å². The van der Waals surface area contributed by atoms with E-state index in [4.69, 9.17) is 0 Å². The lowest BCUT2D eigenvalue weighted by molar-refractivity contribution is 1.81. The molecule has 0 nitrogen and oxygen atoms in total. The second-order valence-electron chi connectivity index (χ2n) is 1.79. The number of hydrogen-bond acceptors (Lipinski definition) is 0. The molecule has 0 saturated carbocycles. The van der Waals surface area contributed by atoms with Gasteiger partial charge in [-0.15, -0.1) is 0 Å². The van der Waals surface area contributed by atoms with Crippen LogP contribution in [0.25, 0.3) is 0 Å². The average Bonchev–Trinajstić information content (AvgIpc) is 1.98. The monoisotopic (exact) mass is 131 g/mol. The molecule has 0 aromatic carbocycles. The van der Waals surface area contributed by atoms with Gasteiger partial charge in [-0.3, -0.25) is 0 Å². The maximum atomic E-state index is 3.60. The van der Waals surface area contributed by atoms with Crippen molar-refractivity contribution >= 4 is 7.28 Å². The topological polar surface area (TPSA) is 0 Å². The minimum absolute atomic E-state index is 1.15. The van der Waals surface area contributed by atoms with Crippen molar-refractivity contribution in [1.82, 2.24) is 0 Å². The van der Waals surface area contributed by atoms with Crippen molar-refractivity contribution in [3.8, 4) is 0 Å². The lowest BCUT2D eigenvalue weighted by Crippen LogP contribution is -1.84. The van der Waals surface area contributed by atoms with Crippen molar-refractivity contribution in [1.29, 1.82) is 0 Å². The van der Waals surface area contributed by atoms with Gasteiger partial charge in [-0.1, -0.05) is 55.8 Å². The molecule has 0 heterocycles. The summed E-state index contributed by atoms with van der Waals surface area (Å²) in [6.07, 6.45) is 9.34. The summed E-state index contributed by atoms with van der Waals surface area (Å²) in [6, 6.07) is 0. The molecule has 0 unspecified atom stereocenters. The Morgan fingerprint density at radius 1 is 1.30 bits per heavy atom. The standard InChI is InChI=1S/C9H12B/c1-4-6-8-9(10-3)7-5-2/h4-8H,1-2H2,3H3/b8-6-,9-7+. The fourth-order valence-corrected chi connectivity index (χ4v) is 0.563. The number of hydrogen-bond donors (Lipinski definition) is 0. The third-order valence-electron chi connectivity index (χ3n) is 1.07. The van der Waals surface area contributed by atoms with Crippen molar-refractivity contribution in [2.24, 2.45) is 0 Å². The molecule has 51 valence electrons. The number of rotatable bonds is 4. The molecule has 0 bridgehead atoms. The molecule has 0 fully saturated rings. The molecule has 10 heavy (non-hydrogen) atoms. The second-order valence-corrected chi connectivity index (χ2v) is 1.79. The van der Waals surface area contributed by atoms with Crippen LogP contribution in [0.15, 0.2) is 49.0 Å². The van der Waals surface area contributed by atoms with Gasteiger partial charge in [0.15, 0.2) is 0 Å². The normalized spacial score (nSPS) is 11.5. The molecule has 0 aromatic heterocycles. The van der Waals surface area contributed by atoms with Gasteiger partial charge in [0.1, 0.15) is 7.28 Å². The Hall–Kier alpha value is -0.975. The minimum atomic E-state index is 1.15. The van der Waals surface area contributed by atoms with E-state index in [0.717, 1.165) is 5.47 Å². The van der Waals surface area contributed by atoms with E-state index in [9.17, 15) is 0 Å². The van der Waals surface area contributed by atoms with Crippen LogP contribution in [0.4, 0.5) is 0 Å². The van der Waals surface area contributed by atoms with Crippen LogP contribution >= 0.6 is 0 Å². The quantitative estimate of drug-likeness (QED) is 0.406. The largest absolute Gasteiger partial charge is 0.148 e. The molecule has 0 atom stereocenters. The molecule has 0 rings (SSSR count). The van der Waals surface area contributed by atoms with Crippen molar-refractivity contribution < 1.29 is 0 Å². The van der Waals surface area contributed by atoms with Crippen LogP contribution in [0.2, 0.25) is 6.82 Å². The average molecular weight is 131 g/mol. The van der Waals surface area contributed by atoms with Gasteiger partial charge in [0, 0.05) is 0 Å². The van der Waals surface area contributed by atoms with Crippen molar-refractivity contribution in [3.63, 3.8) is 0 Å². The Kier molecular flexibility index (Phi) is 5.55. The molecule has 0 amide bonds. The molecule has 0 aliphatic heterocycles. The zero-order valence-corrected chi connectivity index (χ0v) is 6.38. The van der Waals surface area contributed by atoms with Crippen LogP contribution < -0.4 is 0 Å². The van der Waals surface area contributed by atoms with Crippen LogP contribution in [-0.4, -0.2) is 7.28 Å². The molecule has 0 spiro atoms. The summed E-state index contributed by atoms with van der Waals surface area (Å²) in [5.74, 6) is 0. The summed E-state index contributed by atoms with van der Waals surface area (Å²) >= 11 is 0. The highest BCUT2D eigenvalue weighted by Crippen LogP contribution is 1.94. The Morgan fingerprint density at radius 3 is 2.40 bits per heavy atom. The van der Waals surface area contributed by atoms with E-state index in [2.05, 4.69) is 13.2 Å². The molecule has 0 aliphatic carbocycles. The predicted octanol–water partition coefficient (Wildman–Crippen LogP) is 2.55. The smallest absolute Gasteiger partial charge is 0.0991 e. The fraction of sp³-hybridized carbons (Fsp3) is 0.111. The van der Waals surface area contributed by atoms with Gasteiger partial charge in [-0.25, -0.2) is 0 Å². The maximum absolute atomic E-state index is 3.60. The Bertz CT molecular complexity index is 164. The van der Waals surface area contributed by atoms with E-state index in [1.54, 1.807) is 12.2 Å². The maximum Gasteiger partial charge on any atom is 0.148 e. The summed E-state index contributed by atoms with van der Waals surface area (Å²) in [5.41, 5.74) is 1.15. The van der Waals surface area contributed by atoms with E-state index in [-0.39, 0.29) is 0 Å². The zero-order valence-electron chi connectivity index (χ0n) is 6.38. The van der Waals surface area contributed by atoms with Gasteiger partial charge in [0.25, 0.3) is 0 Å². The molecule has 0 N–H and O–H groups in total. The summed E-state index contributed by atoms with van der Waals surface area (Å²) in [6.45, 7) is 9.16. The van der Waals surface area contributed by atoms with E-state index in [1.807, 2.05) is 32.3 Å². The Labute approximate surface area is 63.9 Å². The molecule has 1 heteroatoms. The van der Waals surface area contributed by atoms with Crippen LogP contribution in [-0.2, 0) is 0 Å². The number of allylic oxidation sites excluding steroid dienone is 6. The van der Waals surface area contributed by atoms with Crippen molar-refractivity contribution in [2.75, 3.05) is 0 Å². The summed E-state index contributed by atoms with van der Waals surface area (Å²) in [7, 11) is 2.02. The first kappa shape index (κ1) is 9.02. The lowest BCUT2D eigenvalue weighted by Gasteiger charge is -1.89. The van der Waals surface area contributed by atoms with E-state index in [1.165, 1.54) is 0 Å². The second kappa shape index (κ2) is 6.15. The first-order valence-electron chi connectivity index (χ1n) is 3.26. The summed E-state index contributed by atoms with van der Waals surface area (Å²) in [5, 5.41) is 0. The van der Waals surface area contributed by atoms with Gasteiger partial charge in [-0.05, 0) is 0 Å². The Morgan fingerprint density at radius 2 is 2.00 bits per heavy atom. The molecule has 0 aliphatic rings. The van der Waals surface area contributed by atoms with Crippen LogP contribution in [0, 0.1) is 0 Å². The third-order valence-corrected chi connectivity index (χ3v) is 1.07. The van der Waals surface area contributed by atoms with Gasteiger partial charge in [0.05, 0.1) is 0 Å². The minimum Gasteiger partial charge on any atom is -0.0991 e. The lowest BCUT2D eigenvalue weighted by atomic mass is 9.72. The first-order chi connectivity index (χ1) is 4.85. The van der Waals surface area contributed by atoms with Gasteiger partial charge in [0.2, 0.25) is 0 Å². The van der Waals surface area contributed by atoms with Gasteiger partial charge >= 0.3 is 0 Å². The van der Waals surface area contributed by atoms with Crippen LogP contribution in [0.5, 0.6) is 0 Å². The third kappa shape index (κ3) is 3.96. The highest BCUT2D eigenvalue weighted by atomic mass is 13.7. The van der Waals surface area contributed by atoms with E-state index >= 15 is 0 Å². The van der Waals surface area contributed by atoms with Crippen LogP contribution in [0.3, 0.4) is 0 Å². The highest BCUT2D eigenvalue weighted by molar-refractivity contribution is 6.44. The molecule has 0 aromatic rings. The van der Waals surface area contributed by atoms with Crippen molar-refractivity contribution in [2.45, 2.75) is 6.82 Å². The zero-order chi connectivity index (χ0) is 7.82. The predicted molar refractivity (Wildman–Crippen MR) is 49.2 cm³/mol. The molecule has 1 radical (unpaired) electrons. The first-order valence-corrected chi connectivity index (χ1v) is 3.26. The van der Waals surface area contributed by atoms with Gasteiger partial charge in [-0.2, -0.15) is 0 Å². The fourth-order valence-electron chi connectivity index (χ4n) is 0.563. The highest BCUT2D eigenvalue weighted by Gasteiger charge is 1.83. The SMILES string of the molecule is C=C/C=C\C([B]C)=C/C=C. The van der Waals surface area contributed by atoms with E-state index in [0.29, 0.717) is 0 Å². The van der Waals surface area contributed by atoms with Crippen LogP contribution in [0.1, 0.15) is 0 Å². The van der Waals surface area contributed by atoms with E-state index < -0.39 is 0 Å². The van der Waals surface area contributed by atoms with Crippen molar-refractivity contribution in [3.05, 3.63) is 49.0 Å². The molecular formula is C9H12B. The molecule has 0 saturated heterocycles.